The number of ether oxygens (including phenoxy) is 2. The van der Waals surface area contributed by atoms with Crippen molar-refractivity contribution in [2.45, 2.75) is 0 Å². The second-order valence-electron chi connectivity index (χ2n) is 4.94. The summed E-state index contributed by atoms with van der Waals surface area (Å²) in [5.74, 6) is 0.122. The highest BCUT2D eigenvalue weighted by molar-refractivity contribution is 5.98. The van der Waals surface area contributed by atoms with E-state index in [9.17, 15) is 9.59 Å². The van der Waals surface area contributed by atoms with Crippen LogP contribution in [0.1, 0.15) is 10.4 Å². The molecular weight excluding hydrogens is 286 g/mol. The van der Waals surface area contributed by atoms with Crippen LogP contribution >= 0.6 is 0 Å². The average molecular weight is 302 g/mol. The maximum absolute atomic E-state index is 12.6. The number of carbonyl (C=O) groups excluding carboxylic acids is 2. The summed E-state index contributed by atoms with van der Waals surface area (Å²) in [6.07, 6.45) is 5.15. The minimum atomic E-state index is -0.451. The molecule has 1 amide bonds. The highest BCUT2D eigenvalue weighted by atomic mass is 16.5. The summed E-state index contributed by atoms with van der Waals surface area (Å²) < 4.78 is 13.5. The van der Waals surface area contributed by atoms with Gasteiger partial charge in [-0.1, -0.05) is 0 Å². The molecule has 22 heavy (non-hydrogen) atoms. The topological polar surface area (TPSA) is 64.7 Å². The highest BCUT2D eigenvalue weighted by Gasteiger charge is 2.29. The molecule has 0 saturated heterocycles. The first-order chi connectivity index (χ1) is 10.6. The summed E-state index contributed by atoms with van der Waals surface area (Å²) in [7, 11) is 3.16. The fourth-order valence-corrected chi connectivity index (χ4v) is 2.36. The number of anilines is 1. The largest absolute Gasteiger partial charge is 0.490 e. The molecule has 1 aliphatic rings. The van der Waals surface area contributed by atoms with Gasteiger partial charge in [0.1, 0.15) is 24.8 Å². The number of fused-ring (bicyclic) bond motifs is 1. The van der Waals surface area contributed by atoms with Crippen LogP contribution < -0.4 is 14.2 Å². The molecule has 0 aliphatic carbocycles. The maximum atomic E-state index is 12.6. The Balaban J connectivity index is 1.99. The Labute approximate surface area is 127 Å². The van der Waals surface area contributed by atoms with Gasteiger partial charge in [0.05, 0.1) is 32.0 Å². The van der Waals surface area contributed by atoms with Gasteiger partial charge in [0.2, 0.25) is 0 Å². The van der Waals surface area contributed by atoms with Crippen molar-refractivity contribution >= 4 is 17.7 Å². The van der Waals surface area contributed by atoms with Crippen LogP contribution in [0, 0.1) is 0 Å². The Morgan fingerprint density at radius 1 is 1.36 bits per heavy atom. The van der Waals surface area contributed by atoms with Crippen molar-refractivity contribution in [3.63, 3.8) is 0 Å². The third kappa shape index (κ3) is 2.41. The van der Waals surface area contributed by atoms with E-state index in [4.69, 9.17) is 9.47 Å². The van der Waals surface area contributed by atoms with Crippen molar-refractivity contribution in [3.8, 4) is 5.75 Å². The number of rotatable bonds is 1. The van der Waals surface area contributed by atoms with Crippen LogP contribution in [0.2, 0.25) is 0 Å². The molecule has 2 heterocycles. The van der Waals surface area contributed by atoms with Crippen molar-refractivity contribution in [2.75, 3.05) is 25.2 Å². The van der Waals surface area contributed by atoms with Crippen molar-refractivity contribution in [2.24, 2.45) is 7.05 Å². The van der Waals surface area contributed by atoms with Crippen LogP contribution in [-0.2, 0) is 11.8 Å². The Hall–Kier alpha value is -2.83. The van der Waals surface area contributed by atoms with Crippen LogP contribution in [0.3, 0.4) is 0 Å². The summed E-state index contributed by atoms with van der Waals surface area (Å²) in [4.78, 5) is 25.9. The van der Waals surface area contributed by atoms with Gasteiger partial charge in [0.15, 0.2) is 0 Å². The molecule has 3 rings (SSSR count). The molecule has 0 spiro atoms. The Morgan fingerprint density at radius 3 is 2.86 bits per heavy atom. The first-order valence-electron chi connectivity index (χ1n) is 6.80. The lowest BCUT2D eigenvalue weighted by molar-refractivity contribution is -0.670. The van der Waals surface area contributed by atoms with Crippen molar-refractivity contribution in [1.29, 1.82) is 0 Å². The molecule has 1 aromatic heterocycles. The van der Waals surface area contributed by atoms with Gasteiger partial charge >= 0.3 is 12.0 Å². The minimum absolute atomic E-state index is 0.202. The Bertz CT molecular complexity index is 738. The predicted octanol–water partition coefficient (Wildman–Crippen LogP) is 0.966. The van der Waals surface area contributed by atoms with Crippen molar-refractivity contribution in [3.05, 3.63) is 42.5 Å². The third-order valence-corrected chi connectivity index (χ3v) is 3.46. The van der Waals surface area contributed by atoms with Crippen molar-refractivity contribution in [1.82, 2.24) is 4.57 Å². The molecule has 7 heteroatoms. The fraction of sp³-hybridized carbons (Fsp3) is 0.267. The van der Waals surface area contributed by atoms with Gasteiger partial charge in [-0.25, -0.2) is 14.2 Å². The number of benzene rings is 1. The van der Waals surface area contributed by atoms with Crippen molar-refractivity contribution < 1.29 is 23.6 Å². The molecule has 0 unspecified atom stereocenters. The van der Waals surface area contributed by atoms with E-state index in [1.165, 1.54) is 11.7 Å². The molecule has 1 aliphatic heterocycles. The molecule has 0 N–H and O–H groups in total. The summed E-state index contributed by atoms with van der Waals surface area (Å²) >= 11 is 0. The van der Waals surface area contributed by atoms with E-state index in [0.29, 0.717) is 30.2 Å². The van der Waals surface area contributed by atoms with E-state index in [-0.39, 0.29) is 6.03 Å². The van der Waals surface area contributed by atoms with Gasteiger partial charge in [-0.05, 0) is 18.2 Å². The minimum Gasteiger partial charge on any atom is -0.490 e. The average Bonchev–Trinajstić information content (AvgIpc) is 2.98. The summed E-state index contributed by atoms with van der Waals surface area (Å²) in [6, 6.07) is 4.71. The van der Waals surface area contributed by atoms with Gasteiger partial charge in [0, 0.05) is 0 Å². The van der Waals surface area contributed by atoms with Gasteiger partial charge in [-0.3, -0.25) is 4.90 Å². The Kier molecular flexibility index (Phi) is 3.54. The van der Waals surface area contributed by atoms with Crippen LogP contribution in [0.15, 0.2) is 36.9 Å². The van der Waals surface area contributed by atoms with Crippen LogP contribution in [-0.4, -0.2) is 36.8 Å². The number of hydrogen-bond acceptors (Lipinski definition) is 4. The lowest BCUT2D eigenvalue weighted by Crippen LogP contribution is -2.40. The van der Waals surface area contributed by atoms with E-state index in [1.807, 2.05) is 7.05 Å². The van der Waals surface area contributed by atoms with Gasteiger partial charge in [-0.2, -0.15) is 4.57 Å². The quantitative estimate of drug-likeness (QED) is 0.581. The van der Waals surface area contributed by atoms with Crippen LogP contribution in [0.4, 0.5) is 10.5 Å². The molecule has 1 aromatic carbocycles. The van der Waals surface area contributed by atoms with E-state index < -0.39 is 5.97 Å². The standard InChI is InChI=1S/C15H16N3O4/c1-16-5-6-17(10-16)15(20)18-7-8-22-13-4-3-11(9-12(13)18)14(19)21-2/h3-6,9-10H,7-8H2,1-2H3/q+1. The van der Waals surface area contributed by atoms with Gasteiger partial charge in [-0.15, -0.1) is 0 Å². The maximum Gasteiger partial charge on any atom is 0.420 e. The molecule has 114 valence electrons. The smallest absolute Gasteiger partial charge is 0.420 e. The number of nitrogens with zero attached hydrogens (tertiary/aromatic N) is 3. The SMILES string of the molecule is COC(=O)c1ccc2c(c1)N(C(=O)n1cc[n+](C)c1)CCO2. The number of aryl methyl sites for hydroxylation is 1. The van der Waals surface area contributed by atoms with Crippen LogP contribution in [0.5, 0.6) is 5.75 Å². The zero-order valence-corrected chi connectivity index (χ0v) is 12.4. The first kappa shape index (κ1) is 14.1. The monoisotopic (exact) mass is 302 g/mol. The number of amides is 1. The predicted molar refractivity (Wildman–Crippen MR) is 77.0 cm³/mol. The lowest BCUT2D eigenvalue weighted by atomic mass is 10.1. The summed E-state index contributed by atoms with van der Waals surface area (Å²) in [5, 5.41) is 0. The molecule has 0 atom stereocenters. The first-order valence-corrected chi connectivity index (χ1v) is 6.80. The van der Waals surface area contributed by atoms with E-state index in [0.717, 1.165) is 0 Å². The zero-order valence-electron chi connectivity index (χ0n) is 12.4. The van der Waals surface area contributed by atoms with Crippen LogP contribution in [0.25, 0.3) is 0 Å². The molecule has 0 radical (unpaired) electrons. The normalized spacial score (nSPS) is 13.3. The number of aromatic nitrogens is 2. The zero-order chi connectivity index (χ0) is 15.7. The second-order valence-corrected chi connectivity index (χ2v) is 4.94. The fourth-order valence-electron chi connectivity index (χ4n) is 2.36. The van der Waals surface area contributed by atoms with Gasteiger partial charge < -0.3 is 9.47 Å². The molecule has 0 fully saturated rings. The lowest BCUT2D eigenvalue weighted by Gasteiger charge is -2.27. The number of hydrogen-bond donors (Lipinski definition) is 0. The Morgan fingerprint density at radius 2 is 2.18 bits per heavy atom. The van der Waals surface area contributed by atoms with Gasteiger partial charge in [0.25, 0.3) is 6.33 Å². The highest BCUT2D eigenvalue weighted by Crippen LogP contribution is 2.33. The van der Waals surface area contributed by atoms with E-state index in [1.54, 1.807) is 46.4 Å². The number of carbonyl (C=O) groups is 2. The number of methoxy groups -OCH3 is 1. The van der Waals surface area contributed by atoms with E-state index in [2.05, 4.69) is 0 Å². The molecule has 0 saturated carbocycles. The number of imidazole rings is 1. The third-order valence-electron chi connectivity index (χ3n) is 3.46. The molecule has 7 nitrogen and oxygen atoms in total. The van der Waals surface area contributed by atoms with E-state index >= 15 is 0 Å². The second kappa shape index (κ2) is 5.51. The number of esters is 1. The molecule has 2 aromatic rings. The molecule has 0 bridgehead atoms. The summed E-state index contributed by atoms with van der Waals surface area (Å²) in [5.41, 5.74) is 0.943. The summed E-state index contributed by atoms with van der Waals surface area (Å²) in [6.45, 7) is 0.821. The molecular formula is C15H16N3O4+.